The van der Waals surface area contributed by atoms with Crippen LogP contribution in [0.15, 0.2) is 63.5 Å². The molecule has 0 amide bonds. The molecule has 0 saturated carbocycles. The van der Waals surface area contributed by atoms with Crippen LogP contribution >= 0.6 is 22.9 Å². The summed E-state index contributed by atoms with van der Waals surface area (Å²) in [6.07, 6.45) is 1.33. The van der Waals surface area contributed by atoms with Crippen LogP contribution in [0.3, 0.4) is 0 Å². The molecule has 0 saturated heterocycles. The van der Waals surface area contributed by atoms with Gasteiger partial charge in [0.05, 0.1) is 38.4 Å². The van der Waals surface area contributed by atoms with Crippen LogP contribution in [0.25, 0.3) is 6.08 Å². The van der Waals surface area contributed by atoms with E-state index in [1.54, 1.807) is 19.9 Å². The van der Waals surface area contributed by atoms with E-state index in [1.165, 1.54) is 47.0 Å². The first-order valence-corrected chi connectivity index (χ1v) is 11.3. The maximum atomic E-state index is 14.4. The summed E-state index contributed by atoms with van der Waals surface area (Å²) in [5.74, 6) is -1.29. The van der Waals surface area contributed by atoms with Crippen molar-refractivity contribution >= 4 is 40.7 Å². The van der Waals surface area contributed by atoms with Gasteiger partial charge in [-0.2, -0.15) is 0 Å². The van der Waals surface area contributed by atoms with Gasteiger partial charge in [0.2, 0.25) is 0 Å². The summed E-state index contributed by atoms with van der Waals surface area (Å²) in [6.45, 7) is 3.33. The highest BCUT2D eigenvalue weighted by Crippen LogP contribution is 2.32. The number of hydrogen-bond acceptors (Lipinski definition) is 7. The summed E-state index contributed by atoms with van der Waals surface area (Å²) in [4.78, 5) is 41.8. The van der Waals surface area contributed by atoms with Crippen LogP contribution in [0.2, 0.25) is 5.02 Å². The van der Waals surface area contributed by atoms with Gasteiger partial charge in [-0.1, -0.05) is 41.1 Å². The van der Waals surface area contributed by atoms with Gasteiger partial charge in [-0.3, -0.25) is 19.5 Å². The number of nitro benzene ring substituents is 1. The normalized spacial score (nSPS) is 15.6. The lowest BCUT2D eigenvalue weighted by Crippen LogP contribution is -2.40. The zero-order valence-corrected chi connectivity index (χ0v) is 19.5. The molecule has 1 atom stereocenters. The predicted molar refractivity (Wildman–Crippen MR) is 125 cm³/mol. The van der Waals surface area contributed by atoms with Crippen molar-refractivity contribution in [3.63, 3.8) is 0 Å². The van der Waals surface area contributed by atoms with E-state index in [0.717, 1.165) is 11.3 Å². The maximum absolute atomic E-state index is 14.4. The van der Waals surface area contributed by atoms with Gasteiger partial charge in [-0.15, -0.1) is 0 Å². The molecule has 174 valence electrons. The number of ether oxygens (including phenoxy) is 1. The van der Waals surface area contributed by atoms with Gasteiger partial charge >= 0.3 is 5.97 Å². The van der Waals surface area contributed by atoms with E-state index in [1.807, 2.05) is 0 Å². The van der Waals surface area contributed by atoms with Crippen LogP contribution in [0.5, 0.6) is 0 Å². The van der Waals surface area contributed by atoms with Crippen molar-refractivity contribution in [2.75, 3.05) is 6.61 Å². The van der Waals surface area contributed by atoms with Gasteiger partial charge in [0.1, 0.15) is 5.82 Å². The molecule has 34 heavy (non-hydrogen) atoms. The average molecular weight is 502 g/mol. The van der Waals surface area contributed by atoms with Crippen molar-refractivity contribution in [3.8, 4) is 0 Å². The SMILES string of the molecule is CCOC(=O)C1=C(C)N=c2sc(=Cc3c(F)cccc3Cl)c(=O)n2[C@@H]1c1cccc([N+](=O)[O-])c1. The van der Waals surface area contributed by atoms with Crippen molar-refractivity contribution in [1.29, 1.82) is 0 Å². The van der Waals surface area contributed by atoms with Crippen molar-refractivity contribution in [2.24, 2.45) is 4.99 Å². The molecule has 1 aromatic heterocycles. The van der Waals surface area contributed by atoms with Gasteiger partial charge in [-0.05, 0) is 37.6 Å². The molecule has 0 fully saturated rings. The Hall–Kier alpha value is -3.63. The molecule has 11 heteroatoms. The minimum absolute atomic E-state index is 0.0441. The largest absolute Gasteiger partial charge is 0.463 e. The standard InChI is InChI=1S/C23H17ClFN3O5S/c1-3-33-22(30)19-12(2)26-23-27(20(19)13-6-4-7-14(10-13)28(31)32)21(29)18(34-23)11-15-16(24)8-5-9-17(15)25/h4-11,20H,3H2,1-2H3/t20-/m1/s1. The molecule has 0 N–H and O–H groups in total. The number of nitrogens with zero attached hydrogens (tertiary/aromatic N) is 3. The van der Waals surface area contributed by atoms with E-state index in [-0.39, 0.29) is 37.8 Å². The van der Waals surface area contributed by atoms with E-state index < -0.39 is 28.3 Å². The maximum Gasteiger partial charge on any atom is 0.338 e. The lowest BCUT2D eigenvalue weighted by Gasteiger charge is -2.24. The van der Waals surface area contributed by atoms with Crippen LogP contribution in [0.4, 0.5) is 10.1 Å². The number of esters is 1. The molecular formula is C23H17ClFN3O5S. The second-order valence-electron chi connectivity index (χ2n) is 7.29. The minimum atomic E-state index is -1.02. The first-order valence-electron chi connectivity index (χ1n) is 10.1. The van der Waals surface area contributed by atoms with E-state index in [0.29, 0.717) is 11.3 Å². The van der Waals surface area contributed by atoms with Crippen LogP contribution in [0.1, 0.15) is 31.0 Å². The molecule has 8 nitrogen and oxygen atoms in total. The number of benzene rings is 2. The number of nitro groups is 1. The van der Waals surface area contributed by atoms with E-state index in [4.69, 9.17) is 16.3 Å². The third-order valence-corrected chi connectivity index (χ3v) is 6.50. The number of fused-ring (bicyclic) bond motifs is 1. The Labute approximate surface area is 201 Å². The highest BCUT2D eigenvalue weighted by atomic mass is 35.5. The topological polar surface area (TPSA) is 104 Å². The molecule has 0 bridgehead atoms. The highest BCUT2D eigenvalue weighted by Gasteiger charge is 2.34. The molecule has 0 unspecified atom stereocenters. The number of carbonyl (C=O) groups is 1. The smallest absolute Gasteiger partial charge is 0.338 e. The minimum Gasteiger partial charge on any atom is -0.463 e. The third-order valence-electron chi connectivity index (χ3n) is 5.19. The molecular weight excluding hydrogens is 485 g/mol. The lowest BCUT2D eigenvalue weighted by atomic mass is 9.95. The van der Waals surface area contributed by atoms with Crippen LogP contribution in [0, 0.1) is 15.9 Å². The average Bonchev–Trinajstić information content (AvgIpc) is 3.10. The quantitative estimate of drug-likeness (QED) is 0.302. The van der Waals surface area contributed by atoms with Gasteiger partial charge < -0.3 is 4.74 Å². The summed E-state index contributed by atoms with van der Waals surface area (Å²) in [7, 11) is 0. The van der Waals surface area contributed by atoms with Crippen molar-refractivity contribution in [2.45, 2.75) is 19.9 Å². The molecule has 4 rings (SSSR count). The molecule has 0 radical (unpaired) electrons. The van der Waals surface area contributed by atoms with Crippen molar-refractivity contribution in [3.05, 3.63) is 106 Å². The Balaban J connectivity index is 2.01. The first-order chi connectivity index (χ1) is 16.2. The summed E-state index contributed by atoms with van der Waals surface area (Å²) in [5.41, 5.74) is 0.0344. The van der Waals surface area contributed by atoms with Crippen LogP contribution in [-0.2, 0) is 9.53 Å². The predicted octanol–water partition coefficient (Wildman–Crippen LogP) is 3.50. The molecule has 0 spiro atoms. The molecule has 2 aromatic carbocycles. The van der Waals surface area contributed by atoms with Crippen LogP contribution < -0.4 is 14.9 Å². The fourth-order valence-corrected chi connectivity index (χ4v) is 4.94. The Morgan fingerprint density at radius 2 is 2.09 bits per heavy atom. The molecule has 3 aromatic rings. The zero-order chi connectivity index (χ0) is 24.6. The number of halogens is 2. The number of hydrogen-bond donors (Lipinski definition) is 0. The first kappa shape index (κ1) is 23.5. The number of carbonyl (C=O) groups excluding carboxylic acids is 1. The van der Waals surface area contributed by atoms with Crippen molar-refractivity contribution in [1.82, 2.24) is 4.57 Å². The second kappa shape index (κ2) is 9.32. The molecule has 2 heterocycles. The zero-order valence-electron chi connectivity index (χ0n) is 18.0. The lowest BCUT2D eigenvalue weighted by molar-refractivity contribution is -0.384. The number of allylic oxidation sites excluding steroid dienone is 1. The molecule has 1 aliphatic heterocycles. The summed E-state index contributed by atoms with van der Waals surface area (Å²) >= 11 is 7.12. The highest BCUT2D eigenvalue weighted by molar-refractivity contribution is 7.07. The Morgan fingerprint density at radius 3 is 2.76 bits per heavy atom. The van der Waals surface area contributed by atoms with E-state index >= 15 is 0 Å². The van der Waals surface area contributed by atoms with E-state index in [2.05, 4.69) is 4.99 Å². The van der Waals surface area contributed by atoms with E-state index in [9.17, 15) is 24.1 Å². The van der Waals surface area contributed by atoms with Gasteiger partial charge in [0, 0.05) is 17.7 Å². The van der Waals surface area contributed by atoms with Gasteiger partial charge in [0.15, 0.2) is 4.80 Å². The van der Waals surface area contributed by atoms with Crippen LogP contribution in [-0.4, -0.2) is 22.1 Å². The van der Waals surface area contributed by atoms with Crippen molar-refractivity contribution < 1.29 is 18.8 Å². The number of non-ortho nitro benzene ring substituents is 1. The number of aromatic nitrogens is 1. The Kier molecular flexibility index (Phi) is 6.45. The fourth-order valence-electron chi connectivity index (χ4n) is 3.70. The Bertz CT molecular complexity index is 1520. The van der Waals surface area contributed by atoms with Gasteiger partial charge in [0.25, 0.3) is 11.2 Å². The summed E-state index contributed by atoms with van der Waals surface area (Å²) in [6, 6.07) is 8.83. The Morgan fingerprint density at radius 1 is 1.35 bits per heavy atom. The molecule has 1 aliphatic rings. The summed E-state index contributed by atoms with van der Waals surface area (Å²) < 4.78 is 20.9. The number of thiazole rings is 1. The molecule has 0 aliphatic carbocycles. The third kappa shape index (κ3) is 4.17. The number of rotatable bonds is 5. The van der Waals surface area contributed by atoms with Gasteiger partial charge in [-0.25, -0.2) is 14.2 Å². The monoisotopic (exact) mass is 501 g/mol. The second-order valence-corrected chi connectivity index (χ2v) is 8.71. The summed E-state index contributed by atoms with van der Waals surface area (Å²) in [5, 5.41) is 11.5. The fraction of sp³-hybridized carbons (Fsp3) is 0.174.